The first-order valence-corrected chi connectivity index (χ1v) is 10.0. The van der Waals surface area contributed by atoms with Crippen molar-refractivity contribution in [3.05, 3.63) is 40.4 Å². The zero-order valence-electron chi connectivity index (χ0n) is 17.2. The molecule has 3 aromatic rings. The van der Waals surface area contributed by atoms with Crippen molar-refractivity contribution in [1.82, 2.24) is 10.3 Å². The van der Waals surface area contributed by atoms with E-state index in [4.69, 9.17) is 14.5 Å². The summed E-state index contributed by atoms with van der Waals surface area (Å²) in [6.07, 6.45) is 0.473. The van der Waals surface area contributed by atoms with Gasteiger partial charge in [-0.15, -0.1) is 0 Å². The molecule has 1 saturated heterocycles. The van der Waals surface area contributed by atoms with Gasteiger partial charge in [-0.3, -0.25) is 10.1 Å². The minimum atomic E-state index is -0.488. The highest BCUT2D eigenvalue weighted by Gasteiger charge is 2.29. The Kier molecular flexibility index (Phi) is 6.03. The van der Waals surface area contributed by atoms with Gasteiger partial charge in [0, 0.05) is 51.1 Å². The highest BCUT2D eigenvalue weighted by Crippen LogP contribution is 2.39. The largest absolute Gasteiger partial charge is 0.497 e. The second-order valence-electron chi connectivity index (χ2n) is 7.19. The van der Waals surface area contributed by atoms with E-state index >= 15 is 0 Å². The maximum absolute atomic E-state index is 11.7. The molecule has 1 aliphatic heterocycles. The van der Waals surface area contributed by atoms with Gasteiger partial charge in [-0.2, -0.15) is 0 Å². The summed E-state index contributed by atoms with van der Waals surface area (Å²) < 4.78 is 10.2. The molecule has 4 rings (SSSR count). The molecular formula is C20H24N6O5. The van der Waals surface area contributed by atoms with Crippen molar-refractivity contribution in [2.75, 3.05) is 61.6 Å². The minimum absolute atomic E-state index is 0.00630. The average Bonchev–Trinajstić information content (AvgIpc) is 3.28. The summed E-state index contributed by atoms with van der Waals surface area (Å²) in [6.45, 7) is 3.33. The molecule has 0 unspecified atom stereocenters. The number of piperazine rings is 1. The van der Waals surface area contributed by atoms with Crippen LogP contribution in [-0.4, -0.2) is 66.8 Å². The first-order chi connectivity index (χ1) is 15.1. The fourth-order valence-corrected chi connectivity index (χ4v) is 3.79. The van der Waals surface area contributed by atoms with Crippen molar-refractivity contribution >= 4 is 33.8 Å². The van der Waals surface area contributed by atoms with Crippen LogP contribution in [0, 0.1) is 10.1 Å². The van der Waals surface area contributed by atoms with E-state index in [2.05, 4.69) is 25.4 Å². The molecular weight excluding hydrogens is 404 g/mol. The Labute approximate surface area is 178 Å². The second-order valence-corrected chi connectivity index (χ2v) is 7.19. The molecule has 0 aliphatic carbocycles. The molecule has 0 spiro atoms. The maximum atomic E-state index is 11.7. The molecule has 0 radical (unpaired) electrons. The molecule has 11 nitrogen and oxygen atoms in total. The third kappa shape index (κ3) is 4.17. The minimum Gasteiger partial charge on any atom is -0.497 e. The molecule has 2 aromatic carbocycles. The lowest BCUT2D eigenvalue weighted by atomic mass is 10.1. The summed E-state index contributed by atoms with van der Waals surface area (Å²) in [7, 11) is 1.65. The summed E-state index contributed by atoms with van der Waals surface area (Å²) in [4.78, 5) is 15.6. The van der Waals surface area contributed by atoms with E-state index in [0.717, 1.165) is 30.2 Å². The van der Waals surface area contributed by atoms with Gasteiger partial charge >= 0.3 is 5.69 Å². The number of nitrogens with zero attached hydrogens (tertiary/aromatic N) is 5. The number of benzene rings is 2. The molecule has 1 aliphatic rings. The Morgan fingerprint density at radius 2 is 1.94 bits per heavy atom. The summed E-state index contributed by atoms with van der Waals surface area (Å²) in [5, 5.41) is 31.5. The fourth-order valence-electron chi connectivity index (χ4n) is 3.79. The van der Waals surface area contributed by atoms with Gasteiger partial charge in [0.1, 0.15) is 11.4 Å². The van der Waals surface area contributed by atoms with Crippen molar-refractivity contribution in [1.29, 1.82) is 0 Å². The molecule has 164 valence electrons. The lowest BCUT2D eigenvalue weighted by molar-refractivity contribution is -0.382. The van der Waals surface area contributed by atoms with Gasteiger partial charge in [0.2, 0.25) is 5.52 Å². The van der Waals surface area contributed by atoms with Gasteiger partial charge in [0.25, 0.3) is 0 Å². The Morgan fingerprint density at radius 3 is 2.65 bits per heavy atom. The first-order valence-electron chi connectivity index (χ1n) is 10.0. The Hall–Kier alpha value is -3.60. The molecule has 0 amide bonds. The molecule has 1 fully saturated rings. The lowest BCUT2D eigenvalue weighted by Crippen LogP contribution is -2.46. The van der Waals surface area contributed by atoms with Crippen LogP contribution in [0.25, 0.3) is 11.0 Å². The van der Waals surface area contributed by atoms with Gasteiger partial charge in [-0.1, -0.05) is 6.07 Å². The number of anilines is 3. The Bertz CT molecular complexity index is 1060. The third-order valence-corrected chi connectivity index (χ3v) is 5.36. The van der Waals surface area contributed by atoms with Gasteiger partial charge < -0.3 is 25.0 Å². The summed E-state index contributed by atoms with van der Waals surface area (Å²) in [6, 6.07) is 9.66. The monoisotopic (exact) mass is 428 g/mol. The van der Waals surface area contributed by atoms with Crippen LogP contribution in [-0.2, 0) is 0 Å². The second kappa shape index (κ2) is 9.04. The van der Waals surface area contributed by atoms with Crippen LogP contribution < -0.4 is 19.9 Å². The SMILES string of the molecule is COc1cccc(N2CCN(c3cc(NCCCO)c([N+](=O)[O-])c4nonc34)CC2)c1. The highest BCUT2D eigenvalue weighted by atomic mass is 16.6. The first kappa shape index (κ1) is 20.7. The van der Waals surface area contributed by atoms with Crippen molar-refractivity contribution in [3.8, 4) is 5.75 Å². The number of aromatic nitrogens is 2. The van der Waals surface area contributed by atoms with Crippen LogP contribution in [0.4, 0.5) is 22.7 Å². The van der Waals surface area contributed by atoms with E-state index in [1.54, 1.807) is 13.2 Å². The van der Waals surface area contributed by atoms with Crippen molar-refractivity contribution < 1.29 is 19.4 Å². The topological polar surface area (TPSA) is 130 Å². The zero-order chi connectivity index (χ0) is 21.8. The molecule has 2 N–H and O–H groups in total. The number of aliphatic hydroxyl groups excluding tert-OH is 1. The zero-order valence-corrected chi connectivity index (χ0v) is 17.2. The summed E-state index contributed by atoms with van der Waals surface area (Å²) in [5.74, 6) is 0.810. The molecule has 1 aromatic heterocycles. The number of aliphatic hydroxyl groups is 1. The number of nitrogens with one attached hydrogen (secondary N) is 1. The van der Waals surface area contributed by atoms with E-state index in [0.29, 0.717) is 37.3 Å². The molecule has 0 saturated carbocycles. The van der Waals surface area contributed by atoms with E-state index in [9.17, 15) is 10.1 Å². The number of nitro groups is 1. The smallest absolute Gasteiger partial charge is 0.323 e. The van der Waals surface area contributed by atoms with Crippen molar-refractivity contribution in [2.45, 2.75) is 6.42 Å². The molecule has 0 atom stereocenters. The van der Waals surface area contributed by atoms with E-state index in [-0.39, 0.29) is 17.8 Å². The van der Waals surface area contributed by atoms with Gasteiger partial charge in [-0.25, -0.2) is 4.63 Å². The summed E-state index contributed by atoms with van der Waals surface area (Å²) >= 11 is 0. The third-order valence-electron chi connectivity index (χ3n) is 5.36. The summed E-state index contributed by atoms with van der Waals surface area (Å²) in [5.41, 5.74) is 2.47. The van der Waals surface area contributed by atoms with Gasteiger partial charge in [-0.05, 0) is 34.9 Å². The number of hydrogen-bond acceptors (Lipinski definition) is 10. The average molecular weight is 428 g/mol. The Morgan fingerprint density at radius 1 is 1.19 bits per heavy atom. The van der Waals surface area contributed by atoms with Crippen LogP contribution in [0.5, 0.6) is 5.75 Å². The molecule has 2 heterocycles. The standard InChI is InChI=1S/C20H24N6O5/c1-30-15-5-2-4-14(12-15)24-7-9-25(10-8-24)17-13-16(21-6-3-11-27)20(26(28)29)19-18(17)22-31-23-19/h2,4-5,12-13,21,27H,3,6-11H2,1H3. The number of rotatable bonds is 8. The Balaban J connectivity index is 1.60. The molecule has 31 heavy (non-hydrogen) atoms. The van der Waals surface area contributed by atoms with Crippen LogP contribution >= 0.6 is 0 Å². The predicted octanol–water partition coefficient (Wildman–Crippen LogP) is 2.26. The predicted molar refractivity (Wildman–Crippen MR) is 116 cm³/mol. The molecule has 0 bridgehead atoms. The number of hydrogen-bond donors (Lipinski definition) is 2. The highest BCUT2D eigenvalue weighted by molar-refractivity contribution is 5.99. The van der Waals surface area contributed by atoms with Crippen LogP contribution in [0.3, 0.4) is 0 Å². The van der Waals surface area contributed by atoms with Crippen LogP contribution in [0.2, 0.25) is 0 Å². The van der Waals surface area contributed by atoms with E-state index in [1.807, 2.05) is 24.3 Å². The van der Waals surface area contributed by atoms with E-state index in [1.165, 1.54) is 0 Å². The number of ether oxygens (including phenoxy) is 1. The van der Waals surface area contributed by atoms with Crippen molar-refractivity contribution in [2.24, 2.45) is 0 Å². The lowest BCUT2D eigenvalue weighted by Gasteiger charge is -2.37. The number of nitro benzene ring substituents is 1. The van der Waals surface area contributed by atoms with E-state index < -0.39 is 4.92 Å². The van der Waals surface area contributed by atoms with Crippen LogP contribution in [0.15, 0.2) is 35.0 Å². The quantitative estimate of drug-likeness (QED) is 0.313. The van der Waals surface area contributed by atoms with Gasteiger partial charge in [0.15, 0.2) is 5.52 Å². The number of methoxy groups -OCH3 is 1. The molecule has 11 heteroatoms. The van der Waals surface area contributed by atoms with Crippen molar-refractivity contribution in [3.63, 3.8) is 0 Å². The van der Waals surface area contributed by atoms with Gasteiger partial charge in [0.05, 0.1) is 17.7 Å². The maximum Gasteiger partial charge on any atom is 0.323 e. The van der Waals surface area contributed by atoms with Crippen LogP contribution in [0.1, 0.15) is 6.42 Å². The normalized spacial score (nSPS) is 14.1. The fraction of sp³-hybridized carbons (Fsp3) is 0.400. The number of fused-ring (bicyclic) bond motifs is 1.